The van der Waals surface area contributed by atoms with Gasteiger partial charge in [-0.25, -0.2) is 0 Å². The maximum atomic E-state index is 9.92. The van der Waals surface area contributed by atoms with Crippen LogP contribution in [-0.4, -0.2) is 18.7 Å². The maximum Gasteiger partial charge on any atom is 0.138 e. The average Bonchev–Trinajstić information content (AvgIpc) is 2.22. The third-order valence-corrected chi connectivity index (χ3v) is 3.62. The molecule has 0 bridgehead atoms. The van der Waals surface area contributed by atoms with Crippen LogP contribution in [0.2, 0.25) is 0 Å². The number of aromatic hydroxyl groups is 1. The summed E-state index contributed by atoms with van der Waals surface area (Å²) in [4.78, 5) is 1.42. The molecule has 0 heterocycles. The van der Waals surface area contributed by atoms with Gasteiger partial charge in [-0.1, -0.05) is 29.3 Å². The molecule has 1 aromatic rings. The summed E-state index contributed by atoms with van der Waals surface area (Å²) in [6.45, 7) is 4.18. The number of nitrogens with one attached hydrogen (secondary N) is 1. The van der Waals surface area contributed by atoms with Gasteiger partial charge in [-0.2, -0.15) is 0 Å². The van der Waals surface area contributed by atoms with Crippen LogP contribution in [0.4, 0.5) is 0 Å². The zero-order chi connectivity index (χ0) is 12.1. The summed E-state index contributed by atoms with van der Waals surface area (Å²) in [5.41, 5.74) is 0.981. The molecule has 0 aliphatic heterocycles. The van der Waals surface area contributed by atoms with E-state index in [1.165, 1.54) is 17.7 Å². The van der Waals surface area contributed by atoms with Crippen molar-refractivity contribution in [3.63, 3.8) is 0 Å². The van der Waals surface area contributed by atoms with Crippen LogP contribution in [-0.2, 0) is 6.54 Å². The molecule has 0 spiro atoms. The monoisotopic (exact) mass is 350 g/mol. The van der Waals surface area contributed by atoms with Gasteiger partial charge in [-0.05, 0) is 34.5 Å². The van der Waals surface area contributed by atoms with Crippen molar-refractivity contribution in [3.05, 3.63) is 26.6 Å². The normalized spacial score (nSPS) is 12.8. The van der Waals surface area contributed by atoms with E-state index in [0.29, 0.717) is 5.75 Å². The minimum absolute atomic E-state index is 0.360. The second-order valence-electron chi connectivity index (χ2n) is 4.13. The van der Waals surface area contributed by atoms with Crippen LogP contribution in [0, 0.1) is 0 Å². The summed E-state index contributed by atoms with van der Waals surface area (Å²) in [5, 5.41) is 9.92. The second kappa shape index (κ2) is 6.62. The minimum Gasteiger partial charge on any atom is -0.506 e. The molecule has 90 valence electrons. The topological polar surface area (TPSA) is 24.7 Å². The predicted octanol–water partition coefficient (Wildman–Crippen LogP) is 2.73. The van der Waals surface area contributed by atoms with Crippen molar-refractivity contribution >= 4 is 31.9 Å². The van der Waals surface area contributed by atoms with Gasteiger partial charge in [0.15, 0.2) is 0 Å². The van der Waals surface area contributed by atoms with Crippen LogP contribution < -0.4 is 4.90 Å². The number of hydrogen-bond donors (Lipinski definition) is 2. The van der Waals surface area contributed by atoms with Crippen molar-refractivity contribution in [2.45, 2.75) is 26.3 Å². The molecule has 0 fully saturated rings. The zero-order valence-corrected chi connectivity index (χ0v) is 12.9. The van der Waals surface area contributed by atoms with Gasteiger partial charge in [-0.15, -0.1) is 0 Å². The van der Waals surface area contributed by atoms with E-state index in [4.69, 9.17) is 0 Å². The number of phenolic OH excluding ortho intramolecular Hbond substituents is 1. The first-order valence-corrected chi connectivity index (χ1v) is 7.11. The second-order valence-corrected chi connectivity index (χ2v) is 5.90. The molecule has 1 aromatic carbocycles. The largest absolute Gasteiger partial charge is 0.506 e. The smallest absolute Gasteiger partial charge is 0.138 e. The lowest BCUT2D eigenvalue weighted by Crippen LogP contribution is -3.07. The lowest BCUT2D eigenvalue weighted by Gasteiger charge is -2.15. The van der Waals surface area contributed by atoms with Gasteiger partial charge in [0, 0.05) is 4.47 Å². The third-order valence-electron chi connectivity index (χ3n) is 2.56. The van der Waals surface area contributed by atoms with E-state index in [-0.39, 0.29) is 0 Å². The minimum atomic E-state index is 0.360. The number of halogens is 2. The lowest BCUT2D eigenvalue weighted by atomic mass is 10.2. The van der Waals surface area contributed by atoms with Gasteiger partial charge in [0.1, 0.15) is 12.3 Å². The molecule has 1 rings (SSSR count). The van der Waals surface area contributed by atoms with E-state index < -0.39 is 0 Å². The van der Waals surface area contributed by atoms with Crippen LogP contribution in [0.15, 0.2) is 21.1 Å². The zero-order valence-electron chi connectivity index (χ0n) is 9.69. The Labute approximate surface area is 114 Å². The highest BCUT2D eigenvalue weighted by Crippen LogP contribution is 2.31. The fourth-order valence-corrected chi connectivity index (χ4v) is 2.96. The molecular weight excluding hydrogens is 334 g/mol. The summed E-state index contributed by atoms with van der Waals surface area (Å²) in [6.07, 6.45) is 2.44. The van der Waals surface area contributed by atoms with E-state index >= 15 is 0 Å². The van der Waals surface area contributed by atoms with Crippen LogP contribution in [0.25, 0.3) is 0 Å². The number of hydrogen-bond acceptors (Lipinski definition) is 1. The number of rotatable bonds is 5. The first kappa shape index (κ1) is 14.0. The van der Waals surface area contributed by atoms with Crippen molar-refractivity contribution in [3.8, 4) is 5.75 Å². The van der Waals surface area contributed by atoms with Crippen LogP contribution in [0.1, 0.15) is 25.3 Å². The molecule has 4 heteroatoms. The van der Waals surface area contributed by atoms with E-state index in [0.717, 1.165) is 27.6 Å². The van der Waals surface area contributed by atoms with Gasteiger partial charge in [0.05, 0.1) is 23.6 Å². The molecule has 0 aliphatic rings. The summed E-state index contributed by atoms with van der Waals surface area (Å²) >= 11 is 6.79. The number of benzene rings is 1. The Morgan fingerprint density at radius 2 is 2.00 bits per heavy atom. The van der Waals surface area contributed by atoms with Crippen molar-refractivity contribution in [1.29, 1.82) is 0 Å². The van der Waals surface area contributed by atoms with E-state index in [9.17, 15) is 5.11 Å². The Morgan fingerprint density at radius 3 is 2.62 bits per heavy atom. The number of quaternary nitrogens is 1. The van der Waals surface area contributed by atoms with Crippen molar-refractivity contribution in [1.82, 2.24) is 0 Å². The number of phenols is 1. The number of unbranched alkanes of at least 4 members (excludes halogenated alkanes) is 1. The first-order valence-electron chi connectivity index (χ1n) is 5.52. The molecule has 2 nitrogen and oxygen atoms in total. The molecule has 0 amide bonds. The molecule has 0 saturated carbocycles. The lowest BCUT2D eigenvalue weighted by molar-refractivity contribution is -0.894. The van der Waals surface area contributed by atoms with Crippen LogP contribution in [0.3, 0.4) is 0 Å². The van der Waals surface area contributed by atoms with Gasteiger partial charge >= 0.3 is 0 Å². The molecule has 0 radical (unpaired) electrons. The molecule has 1 atom stereocenters. The molecule has 0 aliphatic carbocycles. The van der Waals surface area contributed by atoms with Gasteiger partial charge < -0.3 is 10.0 Å². The Kier molecular flexibility index (Phi) is 5.79. The van der Waals surface area contributed by atoms with Crippen LogP contribution >= 0.6 is 31.9 Å². The highest BCUT2D eigenvalue weighted by Gasteiger charge is 2.11. The van der Waals surface area contributed by atoms with Crippen molar-refractivity contribution in [2.24, 2.45) is 0 Å². The Bertz CT molecular complexity index is 355. The Morgan fingerprint density at radius 1 is 1.31 bits per heavy atom. The molecule has 0 saturated heterocycles. The summed E-state index contributed by atoms with van der Waals surface area (Å²) < 4.78 is 1.75. The molecule has 0 aromatic heterocycles. The van der Waals surface area contributed by atoms with Gasteiger partial charge in [-0.3, -0.25) is 0 Å². The summed E-state index contributed by atoms with van der Waals surface area (Å²) in [5.74, 6) is 0.360. The average molecular weight is 352 g/mol. The van der Waals surface area contributed by atoms with Crippen LogP contribution in [0.5, 0.6) is 5.75 Å². The predicted molar refractivity (Wildman–Crippen MR) is 73.9 cm³/mol. The SMILES string of the molecule is CCCC[NH+](C)Cc1cc(Br)cc(Br)c1O. The third kappa shape index (κ3) is 4.07. The van der Waals surface area contributed by atoms with E-state index in [1.807, 2.05) is 12.1 Å². The molecular formula is C12H18Br2NO+. The van der Waals surface area contributed by atoms with E-state index in [1.54, 1.807) is 0 Å². The van der Waals surface area contributed by atoms with E-state index in [2.05, 4.69) is 45.8 Å². The van der Waals surface area contributed by atoms with Crippen molar-refractivity contribution < 1.29 is 10.0 Å². The molecule has 1 unspecified atom stereocenters. The van der Waals surface area contributed by atoms with Crippen molar-refractivity contribution in [2.75, 3.05) is 13.6 Å². The molecule has 2 N–H and O–H groups in total. The Hall–Kier alpha value is -0.0600. The fraction of sp³-hybridized carbons (Fsp3) is 0.500. The van der Waals surface area contributed by atoms with Gasteiger partial charge in [0.25, 0.3) is 0 Å². The maximum absolute atomic E-state index is 9.92. The standard InChI is InChI=1S/C12H17Br2NO/c1-3-4-5-15(2)8-9-6-10(13)7-11(14)12(9)16/h6-7,16H,3-5,8H2,1-2H3/p+1. The first-order chi connectivity index (χ1) is 7.54. The summed E-state index contributed by atoms with van der Waals surface area (Å²) in [6, 6.07) is 3.84. The molecule has 16 heavy (non-hydrogen) atoms. The summed E-state index contributed by atoms with van der Waals surface area (Å²) in [7, 11) is 2.16. The Balaban J connectivity index is 2.72. The highest BCUT2D eigenvalue weighted by molar-refractivity contribution is 9.11. The fourth-order valence-electron chi connectivity index (χ4n) is 1.65. The quantitative estimate of drug-likeness (QED) is 0.837. The van der Waals surface area contributed by atoms with Gasteiger partial charge in [0.2, 0.25) is 0 Å². The highest BCUT2D eigenvalue weighted by atomic mass is 79.9.